The van der Waals surface area contributed by atoms with Crippen molar-refractivity contribution in [1.29, 1.82) is 0 Å². The molecule has 0 amide bonds. The predicted octanol–water partition coefficient (Wildman–Crippen LogP) is 5.62. The Bertz CT molecular complexity index is 1060. The summed E-state index contributed by atoms with van der Waals surface area (Å²) in [5, 5.41) is 9.32. The number of hydrogen-bond donors (Lipinski definition) is 1. The molecule has 30 heavy (non-hydrogen) atoms. The van der Waals surface area contributed by atoms with Crippen LogP contribution in [0.3, 0.4) is 0 Å². The molecule has 4 heteroatoms. The lowest BCUT2D eigenvalue weighted by molar-refractivity contribution is 0.281. The molecule has 0 aromatic heterocycles. The summed E-state index contributed by atoms with van der Waals surface area (Å²) in [5.41, 5.74) is 8.31. The number of rotatable bonds is 8. The molecule has 0 radical (unpaired) electrons. The second-order valence-electron chi connectivity index (χ2n) is 7.77. The predicted molar refractivity (Wildman–Crippen MR) is 127 cm³/mol. The van der Waals surface area contributed by atoms with Crippen molar-refractivity contribution in [3.05, 3.63) is 88.5 Å². The van der Waals surface area contributed by atoms with Crippen molar-refractivity contribution in [3.8, 4) is 16.9 Å². The molecule has 0 saturated heterocycles. The summed E-state index contributed by atoms with van der Waals surface area (Å²) in [6.07, 6.45) is 7.02. The number of aliphatic hydroxyl groups is 1. The first-order valence-corrected chi connectivity index (χ1v) is 12.4. The molecule has 1 unspecified atom stereocenters. The minimum Gasteiger partial charge on any atom is -0.488 e. The lowest BCUT2D eigenvalue weighted by Crippen LogP contribution is -2.07. The third kappa shape index (κ3) is 4.87. The van der Waals surface area contributed by atoms with Crippen molar-refractivity contribution >= 4 is 14.1 Å². The van der Waals surface area contributed by atoms with Crippen LogP contribution in [-0.4, -0.2) is 17.6 Å². The Morgan fingerprint density at radius 3 is 2.47 bits per heavy atom. The van der Waals surface area contributed by atoms with Crippen LogP contribution >= 0.6 is 7.77 Å². The van der Waals surface area contributed by atoms with Crippen LogP contribution in [0.25, 0.3) is 11.1 Å². The molecule has 0 bridgehead atoms. The Labute approximate surface area is 179 Å². The first kappa shape index (κ1) is 20.9. The van der Waals surface area contributed by atoms with E-state index in [-0.39, 0.29) is 6.61 Å². The van der Waals surface area contributed by atoms with Crippen LogP contribution in [-0.2, 0) is 37.2 Å². The number of hydrogen-bond acceptors (Lipinski definition) is 3. The summed E-state index contributed by atoms with van der Waals surface area (Å²) in [6.45, 7) is 3.41. The molecule has 3 aromatic rings. The number of fused-ring (bicyclic) bond motifs is 3. The van der Waals surface area contributed by atoms with Gasteiger partial charge in [-0.3, -0.25) is 0 Å². The number of benzene rings is 3. The molecule has 0 saturated carbocycles. The molecule has 3 aromatic carbocycles. The van der Waals surface area contributed by atoms with Gasteiger partial charge in [-0.05, 0) is 66.2 Å². The van der Waals surface area contributed by atoms with Gasteiger partial charge in [0.05, 0.1) is 13.2 Å². The number of aryl methyl sites for hydroxylation is 2. The molecule has 1 aliphatic heterocycles. The van der Waals surface area contributed by atoms with Crippen molar-refractivity contribution in [3.63, 3.8) is 0 Å². The highest BCUT2D eigenvalue weighted by molar-refractivity contribution is 7.50. The van der Waals surface area contributed by atoms with E-state index >= 15 is 0 Å². The zero-order chi connectivity index (χ0) is 20.9. The fraction of sp³-hybridized carbons (Fsp3) is 0.269. The molecular formula is C26H29O3P. The van der Waals surface area contributed by atoms with Crippen LogP contribution < -0.4 is 4.74 Å². The van der Waals surface area contributed by atoms with Gasteiger partial charge in [-0.25, -0.2) is 0 Å². The summed E-state index contributed by atoms with van der Waals surface area (Å²) in [7, 11) is -0.933. The maximum atomic E-state index is 9.32. The van der Waals surface area contributed by atoms with E-state index in [9.17, 15) is 5.11 Å². The Morgan fingerprint density at radius 2 is 1.67 bits per heavy atom. The van der Waals surface area contributed by atoms with Gasteiger partial charge in [0.15, 0.2) is 0 Å². The van der Waals surface area contributed by atoms with Crippen LogP contribution in [0.15, 0.2) is 60.7 Å². The fourth-order valence-corrected chi connectivity index (χ4v) is 4.37. The van der Waals surface area contributed by atoms with Gasteiger partial charge in [0.2, 0.25) is 0 Å². The Balaban J connectivity index is 1.47. The van der Waals surface area contributed by atoms with E-state index in [2.05, 4.69) is 61.8 Å². The van der Waals surface area contributed by atoms with E-state index in [0.717, 1.165) is 41.4 Å². The van der Waals surface area contributed by atoms with Gasteiger partial charge in [0.1, 0.15) is 12.4 Å². The molecule has 3 nitrogen and oxygen atoms in total. The smallest absolute Gasteiger partial charge is 0.128 e. The van der Waals surface area contributed by atoms with E-state index in [0.29, 0.717) is 13.2 Å². The lowest BCUT2D eigenvalue weighted by atomic mass is 9.93. The molecule has 4 rings (SSSR count). The van der Waals surface area contributed by atoms with Crippen molar-refractivity contribution in [2.45, 2.75) is 39.6 Å². The highest BCUT2D eigenvalue weighted by atomic mass is 31.1. The molecule has 1 N–H and O–H groups in total. The van der Waals surface area contributed by atoms with Crippen LogP contribution in [0, 0.1) is 0 Å². The van der Waals surface area contributed by atoms with E-state index in [1.807, 2.05) is 12.1 Å². The van der Waals surface area contributed by atoms with E-state index in [1.54, 1.807) is 0 Å². The molecular weight excluding hydrogens is 391 g/mol. The zero-order valence-electron chi connectivity index (χ0n) is 17.5. The van der Waals surface area contributed by atoms with Crippen LogP contribution in [0.2, 0.25) is 0 Å². The molecule has 1 heterocycles. The summed E-state index contributed by atoms with van der Waals surface area (Å²) < 4.78 is 11.9. The van der Waals surface area contributed by atoms with Gasteiger partial charge in [0.25, 0.3) is 0 Å². The average Bonchev–Trinajstić information content (AvgIpc) is 2.80. The number of ether oxygens (including phenoxy) is 1. The van der Waals surface area contributed by atoms with Gasteiger partial charge in [0, 0.05) is 5.56 Å². The van der Waals surface area contributed by atoms with Gasteiger partial charge < -0.3 is 14.4 Å². The topological polar surface area (TPSA) is 38.7 Å². The summed E-state index contributed by atoms with van der Waals surface area (Å²) in [6, 6.07) is 21.3. The summed E-state index contributed by atoms with van der Waals surface area (Å²) >= 11 is 0. The molecule has 1 atom stereocenters. The molecule has 0 spiro atoms. The Kier molecular flexibility index (Phi) is 6.74. The maximum absolute atomic E-state index is 9.32. The summed E-state index contributed by atoms with van der Waals surface area (Å²) in [4.78, 5) is 0. The average molecular weight is 420 g/mol. The molecule has 1 aliphatic rings. The SMILES string of the molecule is C=[PH](CC)OCc1ccc2c(c1)OCc1cc(CCc3cccc(CO)c3)ccc1-2. The zero-order valence-corrected chi connectivity index (χ0v) is 18.5. The van der Waals surface area contributed by atoms with Crippen LogP contribution in [0.4, 0.5) is 0 Å². The summed E-state index contributed by atoms with van der Waals surface area (Å²) in [5.74, 6) is 0.937. The van der Waals surface area contributed by atoms with Crippen molar-refractivity contribution < 1.29 is 14.4 Å². The van der Waals surface area contributed by atoms with Gasteiger partial charge >= 0.3 is 0 Å². The molecule has 0 fully saturated rings. The fourth-order valence-electron chi connectivity index (χ4n) is 3.80. The first-order valence-electron chi connectivity index (χ1n) is 10.5. The van der Waals surface area contributed by atoms with Crippen molar-refractivity contribution in [2.75, 3.05) is 6.16 Å². The monoisotopic (exact) mass is 420 g/mol. The third-order valence-electron chi connectivity index (χ3n) is 5.60. The van der Waals surface area contributed by atoms with E-state index in [1.165, 1.54) is 22.3 Å². The number of aliphatic hydroxyl groups excluding tert-OH is 1. The Morgan fingerprint density at radius 1 is 0.933 bits per heavy atom. The minimum absolute atomic E-state index is 0.0905. The molecule has 0 aliphatic carbocycles. The van der Waals surface area contributed by atoms with E-state index < -0.39 is 7.77 Å². The van der Waals surface area contributed by atoms with Gasteiger partial charge in [-0.2, -0.15) is 0 Å². The second-order valence-corrected chi connectivity index (χ2v) is 9.84. The maximum Gasteiger partial charge on any atom is 0.128 e. The lowest BCUT2D eigenvalue weighted by Gasteiger charge is -2.22. The quantitative estimate of drug-likeness (QED) is 0.481. The first-order chi connectivity index (χ1) is 14.7. The Hall–Kier alpha value is -2.32. The van der Waals surface area contributed by atoms with Gasteiger partial charge in [-0.15, -0.1) is 0 Å². The normalized spacial score (nSPS) is 13.3. The standard InChI is InChI=1S/C26H29O3P/c1-3-30(2)29-17-22-10-12-25-24-11-9-20(14-23(24)18-28-26(25)15-22)8-7-19-5-4-6-21(13-19)16-27/h4-6,9-15,27,30H,2-3,7-8,16-18H2,1H3. The largest absolute Gasteiger partial charge is 0.488 e. The third-order valence-corrected chi connectivity index (χ3v) is 6.94. The highest BCUT2D eigenvalue weighted by Gasteiger charge is 2.18. The van der Waals surface area contributed by atoms with E-state index in [4.69, 9.17) is 9.26 Å². The van der Waals surface area contributed by atoms with Crippen molar-refractivity contribution in [1.82, 2.24) is 0 Å². The van der Waals surface area contributed by atoms with Gasteiger partial charge in [-0.1, -0.05) is 67.8 Å². The second kappa shape index (κ2) is 9.66. The van der Waals surface area contributed by atoms with Crippen LogP contribution in [0.5, 0.6) is 5.75 Å². The van der Waals surface area contributed by atoms with Crippen LogP contribution in [0.1, 0.15) is 34.7 Å². The molecule has 156 valence electrons. The van der Waals surface area contributed by atoms with Crippen molar-refractivity contribution in [2.24, 2.45) is 0 Å². The highest BCUT2D eigenvalue weighted by Crippen LogP contribution is 2.39. The minimum atomic E-state index is -0.933.